The fraction of sp³-hybridized carbons (Fsp3) is 0.130. The molecule has 0 unspecified atom stereocenters. The summed E-state index contributed by atoms with van der Waals surface area (Å²) in [6, 6.07) is 29.3. The van der Waals surface area contributed by atoms with Crippen LogP contribution in [0.15, 0.2) is 89.8 Å². The van der Waals surface area contributed by atoms with Gasteiger partial charge in [-0.3, -0.25) is 4.79 Å². The van der Waals surface area contributed by atoms with E-state index in [4.69, 9.17) is 5.26 Å². The highest BCUT2D eigenvalue weighted by molar-refractivity contribution is 8.00. The Morgan fingerprint density at radius 1 is 1.00 bits per heavy atom. The van der Waals surface area contributed by atoms with Gasteiger partial charge in [0.25, 0.3) is 0 Å². The molecule has 0 aliphatic heterocycles. The second-order valence-corrected chi connectivity index (χ2v) is 7.41. The number of likely N-dealkylation sites (N-methyl/N-ethyl adjacent to an activating group) is 1. The van der Waals surface area contributed by atoms with Crippen LogP contribution in [0.1, 0.15) is 21.9 Å². The third-order valence-corrected chi connectivity index (χ3v) is 5.43. The molecular weight excluding hydrogens is 352 g/mol. The summed E-state index contributed by atoms with van der Waals surface area (Å²) in [6.45, 7) is 0.465. The molecule has 3 nitrogen and oxygen atoms in total. The molecule has 0 radical (unpaired) electrons. The van der Waals surface area contributed by atoms with E-state index in [-0.39, 0.29) is 11.2 Å². The fourth-order valence-electron chi connectivity index (χ4n) is 2.82. The topological polar surface area (TPSA) is 44.1 Å². The SMILES string of the molecule is CN(Cc1cccc(C#N)c1)C(=O)[C@H](Sc1ccccc1)c1ccccc1. The maximum Gasteiger partial charge on any atom is 0.240 e. The van der Waals surface area contributed by atoms with Crippen LogP contribution in [0.2, 0.25) is 0 Å². The second-order valence-electron chi connectivity index (χ2n) is 6.23. The number of carbonyl (C=O) groups excluding carboxylic acids is 1. The molecular formula is C23H20N2OS. The molecule has 3 rings (SSSR count). The van der Waals surface area contributed by atoms with E-state index in [0.29, 0.717) is 12.1 Å². The van der Waals surface area contributed by atoms with Gasteiger partial charge >= 0.3 is 0 Å². The molecule has 0 spiro atoms. The van der Waals surface area contributed by atoms with Gasteiger partial charge in [0.2, 0.25) is 5.91 Å². The first-order valence-electron chi connectivity index (χ1n) is 8.68. The Balaban J connectivity index is 1.82. The van der Waals surface area contributed by atoms with Crippen LogP contribution < -0.4 is 0 Å². The van der Waals surface area contributed by atoms with Crippen molar-refractivity contribution in [1.29, 1.82) is 5.26 Å². The van der Waals surface area contributed by atoms with E-state index in [2.05, 4.69) is 6.07 Å². The minimum atomic E-state index is -0.322. The monoisotopic (exact) mass is 372 g/mol. The van der Waals surface area contributed by atoms with Crippen LogP contribution in [0.5, 0.6) is 0 Å². The lowest BCUT2D eigenvalue weighted by Gasteiger charge is -2.24. The molecule has 0 bridgehead atoms. The Morgan fingerprint density at radius 3 is 2.33 bits per heavy atom. The Hall–Kier alpha value is -3.03. The fourth-order valence-corrected chi connectivity index (χ4v) is 3.98. The molecule has 0 N–H and O–H groups in total. The molecule has 4 heteroatoms. The minimum Gasteiger partial charge on any atom is -0.340 e. The predicted octanol–water partition coefficient (Wildman–Crippen LogP) is 5.05. The lowest BCUT2D eigenvalue weighted by atomic mass is 10.1. The Kier molecular flexibility index (Phi) is 6.30. The van der Waals surface area contributed by atoms with E-state index >= 15 is 0 Å². The van der Waals surface area contributed by atoms with E-state index in [9.17, 15) is 4.79 Å². The van der Waals surface area contributed by atoms with Crippen molar-refractivity contribution >= 4 is 17.7 Å². The molecule has 0 aliphatic rings. The van der Waals surface area contributed by atoms with Crippen molar-refractivity contribution in [3.63, 3.8) is 0 Å². The van der Waals surface area contributed by atoms with E-state index in [1.54, 1.807) is 22.7 Å². The van der Waals surface area contributed by atoms with Crippen molar-refractivity contribution in [1.82, 2.24) is 4.90 Å². The Morgan fingerprint density at radius 2 is 1.67 bits per heavy atom. The van der Waals surface area contributed by atoms with Gasteiger partial charge in [-0.2, -0.15) is 5.26 Å². The average Bonchev–Trinajstić information content (AvgIpc) is 2.73. The summed E-state index contributed by atoms with van der Waals surface area (Å²) >= 11 is 1.55. The van der Waals surface area contributed by atoms with Crippen LogP contribution in [0.25, 0.3) is 0 Å². The van der Waals surface area contributed by atoms with Crippen molar-refractivity contribution < 1.29 is 4.79 Å². The number of hydrogen-bond donors (Lipinski definition) is 0. The maximum absolute atomic E-state index is 13.2. The molecule has 1 atom stereocenters. The summed E-state index contributed by atoms with van der Waals surface area (Å²) in [5.74, 6) is 0.0393. The third-order valence-electron chi connectivity index (χ3n) is 4.18. The molecule has 0 heterocycles. The van der Waals surface area contributed by atoms with E-state index in [0.717, 1.165) is 16.0 Å². The number of amides is 1. The number of carbonyl (C=O) groups is 1. The van der Waals surface area contributed by atoms with Crippen LogP contribution in [-0.4, -0.2) is 17.9 Å². The first kappa shape index (κ1) is 18.8. The van der Waals surface area contributed by atoms with E-state index in [1.807, 2.05) is 85.9 Å². The Labute approximate surface area is 164 Å². The first-order chi connectivity index (χ1) is 13.2. The highest BCUT2D eigenvalue weighted by atomic mass is 32.2. The summed E-state index contributed by atoms with van der Waals surface area (Å²) in [7, 11) is 1.81. The molecule has 3 aromatic carbocycles. The summed E-state index contributed by atoms with van der Waals surface area (Å²) < 4.78 is 0. The van der Waals surface area contributed by atoms with Crippen LogP contribution in [-0.2, 0) is 11.3 Å². The number of thioether (sulfide) groups is 1. The zero-order valence-electron chi connectivity index (χ0n) is 15.1. The molecule has 0 aromatic heterocycles. The van der Waals surface area contributed by atoms with Crippen molar-refractivity contribution in [2.75, 3.05) is 7.05 Å². The van der Waals surface area contributed by atoms with Gasteiger partial charge in [-0.25, -0.2) is 0 Å². The largest absolute Gasteiger partial charge is 0.340 e. The third kappa shape index (κ3) is 4.99. The predicted molar refractivity (Wildman–Crippen MR) is 109 cm³/mol. The van der Waals surface area contributed by atoms with E-state index in [1.165, 1.54) is 0 Å². The summed E-state index contributed by atoms with van der Waals surface area (Å²) in [4.78, 5) is 16.0. The molecule has 0 saturated carbocycles. The van der Waals surface area contributed by atoms with Crippen LogP contribution in [0, 0.1) is 11.3 Å². The van der Waals surface area contributed by atoms with Crippen LogP contribution in [0.4, 0.5) is 0 Å². The molecule has 0 fully saturated rings. The van der Waals surface area contributed by atoms with Gasteiger partial charge in [0.15, 0.2) is 0 Å². The van der Waals surface area contributed by atoms with Gasteiger partial charge in [-0.1, -0.05) is 60.7 Å². The molecule has 134 valence electrons. The van der Waals surface area contributed by atoms with Gasteiger partial charge in [0.1, 0.15) is 5.25 Å². The van der Waals surface area contributed by atoms with Gasteiger partial charge in [0, 0.05) is 18.5 Å². The minimum absolute atomic E-state index is 0.0393. The number of rotatable bonds is 6. The molecule has 1 amide bonds. The standard InChI is InChI=1S/C23H20N2OS/c1-25(17-19-10-8-9-18(15-19)16-24)23(26)22(20-11-4-2-5-12-20)27-21-13-6-3-7-14-21/h2-15,22H,17H2,1H3/t22-/m1/s1. The summed E-state index contributed by atoms with van der Waals surface area (Å²) in [6.07, 6.45) is 0. The lowest BCUT2D eigenvalue weighted by molar-refractivity contribution is -0.129. The normalized spacial score (nSPS) is 11.4. The Bertz CT molecular complexity index is 935. The lowest BCUT2D eigenvalue weighted by Crippen LogP contribution is -2.30. The van der Waals surface area contributed by atoms with E-state index < -0.39 is 0 Å². The highest BCUT2D eigenvalue weighted by Crippen LogP contribution is 2.36. The first-order valence-corrected chi connectivity index (χ1v) is 9.56. The number of nitriles is 1. The molecule has 3 aromatic rings. The number of hydrogen-bond acceptors (Lipinski definition) is 3. The summed E-state index contributed by atoms with van der Waals surface area (Å²) in [5.41, 5.74) is 2.53. The quantitative estimate of drug-likeness (QED) is 0.569. The van der Waals surface area contributed by atoms with Crippen LogP contribution >= 0.6 is 11.8 Å². The zero-order valence-corrected chi connectivity index (χ0v) is 15.9. The smallest absolute Gasteiger partial charge is 0.240 e. The zero-order chi connectivity index (χ0) is 19.1. The van der Waals surface area contributed by atoms with Gasteiger partial charge < -0.3 is 4.90 Å². The molecule has 27 heavy (non-hydrogen) atoms. The van der Waals surface area contributed by atoms with Crippen molar-refractivity contribution in [3.8, 4) is 6.07 Å². The van der Waals surface area contributed by atoms with Gasteiger partial charge in [0.05, 0.1) is 11.6 Å². The maximum atomic E-state index is 13.2. The van der Waals surface area contributed by atoms with Crippen LogP contribution in [0.3, 0.4) is 0 Å². The average molecular weight is 372 g/mol. The molecule has 0 aliphatic carbocycles. The molecule has 0 saturated heterocycles. The van der Waals surface area contributed by atoms with Gasteiger partial charge in [-0.15, -0.1) is 11.8 Å². The second kappa shape index (κ2) is 9.07. The van der Waals surface area contributed by atoms with Crippen molar-refractivity contribution in [2.45, 2.75) is 16.7 Å². The van der Waals surface area contributed by atoms with Gasteiger partial charge in [-0.05, 0) is 35.4 Å². The van der Waals surface area contributed by atoms with Crippen molar-refractivity contribution in [3.05, 3.63) is 102 Å². The number of benzene rings is 3. The van der Waals surface area contributed by atoms with Crippen molar-refractivity contribution in [2.24, 2.45) is 0 Å². The highest BCUT2D eigenvalue weighted by Gasteiger charge is 2.25. The summed E-state index contributed by atoms with van der Waals surface area (Å²) in [5, 5.41) is 8.75. The number of nitrogens with zero attached hydrogens (tertiary/aromatic N) is 2.